The molecule has 0 spiro atoms. The standard InChI is InChI=1S/C28H25NO7/c1-17(2)4-5-20-14-23-24(30)15-26(36-27(23)16-25(20)34-3)18-8-12-22(13-9-18)35-28(31)19-6-10-21(11-7-19)29(32)33/h4,6-14,16,26H,5,15H2,1-3H3/t26-/m0/s1. The molecule has 4 rings (SSSR count). The summed E-state index contributed by atoms with van der Waals surface area (Å²) in [6.45, 7) is 4.04. The quantitative estimate of drug-likeness (QED) is 0.132. The highest BCUT2D eigenvalue weighted by atomic mass is 16.6. The summed E-state index contributed by atoms with van der Waals surface area (Å²) < 4.78 is 17.0. The molecule has 3 aromatic carbocycles. The Morgan fingerprint density at radius 1 is 1.11 bits per heavy atom. The Morgan fingerprint density at radius 3 is 2.42 bits per heavy atom. The highest BCUT2D eigenvalue weighted by Gasteiger charge is 2.29. The number of ether oxygens (including phenoxy) is 3. The molecule has 36 heavy (non-hydrogen) atoms. The van der Waals surface area contributed by atoms with Crippen LogP contribution >= 0.6 is 0 Å². The minimum Gasteiger partial charge on any atom is -0.496 e. The number of methoxy groups -OCH3 is 1. The Balaban J connectivity index is 1.48. The maximum Gasteiger partial charge on any atom is 0.343 e. The maximum absolute atomic E-state index is 12.9. The van der Waals surface area contributed by atoms with Crippen molar-refractivity contribution in [1.82, 2.24) is 0 Å². The van der Waals surface area contributed by atoms with Crippen molar-refractivity contribution in [3.63, 3.8) is 0 Å². The van der Waals surface area contributed by atoms with Crippen molar-refractivity contribution in [1.29, 1.82) is 0 Å². The lowest BCUT2D eigenvalue weighted by Crippen LogP contribution is -2.21. The summed E-state index contributed by atoms with van der Waals surface area (Å²) in [7, 11) is 1.59. The summed E-state index contributed by atoms with van der Waals surface area (Å²) in [4.78, 5) is 35.5. The molecule has 0 saturated carbocycles. The summed E-state index contributed by atoms with van der Waals surface area (Å²) in [5.74, 6) is 0.786. The Bertz CT molecular complexity index is 1340. The van der Waals surface area contributed by atoms with Gasteiger partial charge in [-0.2, -0.15) is 0 Å². The normalized spacial score (nSPS) is 14.3. The molecule has 0 aromatic heterocycles. The van der Waals surface area contributed by atoms with E-state index in [1.165, 1.54) is 29.8 Å². The van der Waals surface area contributed by atoms with Crippen LogP contribution in [0.5, 0.6) is 17.2 Å². The number of esters is 1. The number of allylic oxidation sites excluding steroid dienone is 2. The molecule has 0 aliphatic carbocycles. The Kier molecular flexibility index (Phi) is 7.15. The molecule has 0 N–H and O–H groups in total. The van der Waals surface area contributed by atoms with Gasteiger partial charge in [-0.25, -0.2) is 4.79 Å². The van der Waals surface area contributed by atoms with E-state index in [1.807, 2.05) is 19.9 Å². The fourth-order valence-corrected chi connectivity index (χ4v) is 3.88. The number of hydrogen-bond acceptors (Lipinski definition) is 7. The van der Waals surface area contributed by atoms with Gasteiger partial charge in [0.2, 0.25) is 0 Å². The van der Waals surface area contributed by atoms with Crippen LogP contribution in [0.3, 0.4) is 0 Å². The number of ketones is 1. The van der Waals surface area contributed by atoms with Crippen LogP contribution in [-0.4, -0.2) is 23.8 Å². The van der Waals surface area contributed by atoms with Gasteiger partial charge in [0.25, 0.3) is 5.69 Å². The summed E-state index contributed by atoms with van der Waals surface area (Å²) >= 11 is 0. The Hall–Kier alpha value is -4.46. The number of non-ortho nitro benzene ring substituents is 1. The first-order valence-electron chi connectivity index (χ1n) is 11.4. The molecule has 0 unspecified atom stereocenters. The van der Waals surface area contributed by atoms with Gasteiger partial charge in [0.1, 0.15) is 23.4 Å². The summed E-state index contributed by atoms with van der Waals surface area (Å²) in [5.41, 5.74) is 3.49. The molecular weight excluding hydrogens is 462 g/mol. The zero-order chi connectivity index (χ0) is 25.8. The van der Waals surface area contributed by atoms with E-state index in [-0.39, 0.29) is 23.5 Å². The third-order valence-corrected chi connectivity index (χ3v) is 5.83. The van der Waals surface area contributed by atoms with Crippen LogP contribution in [0.1, 0.15) is 58.2 Å². The van der Waals surface area contributed by atoms with E-state index in [2.05, 4.69) is 6.08 Å². The van der Waals surface area contributed by atoms with Crippen LogP contribution in [0.2, 0.25) is 0 Å². The molecule has 8 nitrogen and oxygen atoms in total. The predicted octanol–water partition coefficient (Wildman–Crippen LogP) is 6.04. The van der Waals surface area contributed by atoms with Crippen molar-refractivity contribution in [2.45, 2.75) is 32.8 Å². The monoisotopic (exact) mass is 487 g/mol. The first kappa shape index (κ1) is 24.7. The topological polar surface area (TPSA) is 105 Å². The lowest BCUT2D eigenvalue weighted by atomic mass is 9.94. The third-order valence-electron chi connectivity index (χ3n) is 5.83. The molecule has 1 aliphatic rings. The number of Topliss-reactive ketones (excluding diaryl/α,β-unsaturated/α-hetero) is 1. The number of carbonyl (C=O) groups excluding carboxylic acids is 2. The van der Waals surface area contributed by atoms with Crippen LogP contribution in [0, 0.1) is 10.1 Å². The Labute approximate surface area is 208 Å². The van der Waals surface area contributed by atoms with Crippen molar-refractivity contribution < 1.29 is 28.7 Å². The van der Waals surface area contributed by atoms with Crippen molar-refractivity contribution >= 4 is 17.4 Å². The first-order valence-corrected chi connectivity index (χ1v) is 11.4. The van der Waals surface area contributed by atoms with E-state index in [0.717, 1.165) is 11.1 Å². The van der Waals surface area contributed by atoms with Gasteiger partial charge in [0, 0.05) is 18.2 Å². The molecule has 0 fully saturated rings. The van der Waals surface area contributed by atoms with Gasteiger partial charge in [-0.1, -0.05) is 23.8 Å². The summed E-state index contributed by atoms with van der Waals surface area (Å²) in [6, 6.07) is 15.5. The maximum atomic E-state index is 12.9. The summed E-state index contributed by atoms with van der Waals surface area (Å²) in [6.07, 6.45) is 2.44. The zero-order valence-corrected chi connectivity index (χ0v) is 20.1. The van der Waals surface area contributed by atoms with E-state index in [9.17, 15) is 19.7 Å². The lowest BCUT2D eigenvalue weighted by Gasteiger charge is -2.27. The Morgan fingerprint density at radius 2 is 1.81 bits per heavy atom. The number of carbonyl (C=O) groups is 2. The summed E-state index contributed by atoms with van der Waals surface area (Å²) in [5, 5.41) is 10.8. The SMILES string of the molecule is COc1cc2c(cc1CC=C(C)C)C(=O)C[C@@H](c1ccc(OC(=O)c3ccc([N+](=O)[O-])cc3)cc1)O2. The van der Waals surface area contributed by atoms with Gasteiger partial charge in [-0.05, 0) is 61.7 Å². The molecular formula is C28H25NO7. The predicted molar refractivity (Wildman–Crippen MR) is 133 cm³/mol. The fourth-order valence-electron chi connectivity index (χ4n) is 3.88. The van der Waals surface area contributed by atoms with Crippen molar-refractivity contribution in [2.75, 3.05) is 7.11 Å². The first-order chi connectivity index (χ1) is 17.2. The van der Waals surface area contributed by atoms with Crippen LogP contribution in [0.15, 0.2) is 72.3 Å². The molecule has 3 aromatic rings. The van der Waals surface area contributed by atoms with Crippen LogP contribution < -0.4 is 14.2 Å². The number of nitrogens with zero attached hydrogens (tertiary/aromatic N) is 1. The highest BCUT2D eigenvalue weighted by molar-refractivity contribution is 6.00. The minimum atomic E-state index is -0.633. The average molecular weight is 488 g/mol. The van der Waals surface area contributed by atoms with Crippen molar-refractivity contribution in [3.8, 4) is 17.2 Å². The molecule has 0 saturated heterocycles. The molecule has 8 heteroatoms. The van der Waals surface area contributed by atoms with E-state index >= 15 is 0 Å². The smallest absolute Gasteiger partial charge is 0.343 e. The largest absolute Gasteiger partial charge is 0.496 e. The molecule has 1 atom stereocenters. The second-order valence-corrected chi connectivity index (χ2v) is 8.64. The van der Waals surface area contributed by atoms with E-state index < -0.39 is 17.0 Å². The molecule has 0 bridgehead atoms. The number of fused-ring (bicyclic) bond motifs is 1. The second-order valence-electron chi connectivity index (χ2n) is 8.64. The van der Waals surface area contributed by atoms with Crippen LogP contribution in [0.4, 0.5) is 5.69 Å². The van der Waals surface area contributed by atoms with Gasteiger partial charge < -0.3 is 14.2 Å². The van der Waals surface area contributed by atoms with Crippen LogP contribution in [-0.2, 0) is 6.42 Å². The number of rotatable bonds is 7. The van der Waals surface area contributed by atoms with Gasteiger partial charge in [-0.15, -0.1) is 0 Å². The van der Waals surface area contributed by atoms with Crippen LogP contribution in [0.25, 0.3) is 0 Å². The molecule has 184 valence electrons. The zero-order valence-electron chi connectivity index (χ0n) is 20.1. The van der Waals surface area contributed by atoms with Gasteiger partial charge in [0.15, 0.2) is 5.78 Å². The third kappa shape index (κ3) is 5.43. The lowest BCUT2D eigenvalue weighted by molar-refractivity contribution is -0.384. The minimum absolute atomic E-state index is 0.0176. The van der Waals surface area contributed by atoms with E-state index in [1.54, 1.807) is 37.4 Å². The highest BCUT2D eigenvalue weighted by Crippen LogP contribution is 2.39. The molecule has 0 amide bonds. The fraction of sp³-hybridized carbons (Fsp3) is 0.214. The molecule has 1 heterocycles. The molecule has 1 aliphatic heterocycles. The van der Waals surface area contributed by atoms with Crippen molar-refractivity contribution in [2.24, 2.45) is 0 Å². The van der Waals surface area contributed by atoms with Gasteiger partial charge in [0.05, 0.1) is 29.6 Å². The number of benzene rings is 3. The second kappa shape index (κ2) is 10.4. The van der Waals surface area contributed by atoms with Gasteiger partial charge >= 0.3 is 5.97 Å². The van der Waals surface area contributed by atoms with E-state index in [4.69, 9.17) is 14.2 Å². The number of hydrogen-bond donors (Lipinski definition) is 0. The average Bonchev–Trinajstić information content (AvgIpc) is 2.87. The van der Waals surface area contributed by atoms with E-state index in [0.29, 0.717) is 29.2 Å². The number of nitro groups is 1. The van der Waals surface area contributed by atoms with Crippen molar-refractivity contribution in [3.05, 3.63) is 105 Å². The number of nitro benzene ring substituents is 1. The van der Waals surface area contributed by atoms with Gasteiger partial charge in [-0.3, -0.25) is 14.9 Å². The molecule has 0 radical (unpaired) electrons.